The molecule has 6 rings (SSSR count). The number of halogens is 2. The van der Waals surface area contributed by atoms with Crippen LogP contribution in [0.5, 0.6) is 11.8 Å². The van der Waals surface area contributed by atoms with E-state index >= 15 is 0 Å². The molecule has 48 heavy (non-hydrogen) atoms. The van der Waals surface area contributed by atoms with E-state index in [4.69, 9.17) is 53.2 Å². The van der Waals surface area contributed by atoms with E-state index in [9.17, 15) is 0 Å². The van der Waals surface area contributed by atoms with E-state index < -0.39 is 0 Å². The van der Waals surface area contributed by atoms with Crippen molar-refractivity contribution in [3.63, 3.8) is 0 Å². The minimum atomic E-state index is 0.357. The second-order valence-corrected chi connectivity index (χ2v) is 12.0. The van der Waals surface area contributed by atoms with Crippen molar-refractivity contribution in [1.29, 1.82) is 10.5 Å². The third-order valence-corrected chi connectivity index (χ3v) is 8.83. The second-order valence-electron chi connectivity index (χ2n) is 11.2. The van der Waals surface area contributed by atoms with Gasteiger partial charge in [0.25, 0.3) is 0 Å². The van der Waals surface area contributed by atoms with Crippen molar-refractivity contribution in [3.8, 4) is 57.5 Å². The molecule has 2 aliphatic heterocycles. The summed E-state index contributed by atoms with van der Waals surface area (Å²) in [6.07, 6.45) is 3.88. The first-order chi connectivity index (χ1) is 23.6. The number of nitrogens with zero attached hydrogens (tertiary/aromatic N) is 6. The molecule has 0 amide bonds. The minimum absolute atomic E-state index is 0.357. The monoisotopic (exact) mass is 677 g/mol. The summed E-state index contributed by atoms with van der Waals surface area (Å²) in [7, 11) is 0. The normalized spacial score (nSPS) is 13.7. The average Bonchev–Trinajstić information content (AvgIpc) is 3.85. The third-order valence-electron chi connectivity index (χ3n) is 8.02. The number of nitriles is 2. The summed E-state index contributed by atoms with van der Waals surface area (Å²) < 4.78 is 12.1. The number of hydrogen-bond acceptors (Lipinski definition) is 9. The molecule has 2 aromatic carbocycles. The zero-order valence-corrected chi connectivity index (χ0v) is 27.8. The Balaban J connectivity index is 1.34. The highest BCUT2D eigenvalue weighted by Gasteiger charge is 2.21. The Morgan fingerprint density at radius 3 is 1.75 bits per heavy atom. The van der Waals surface area contributed by atoms with Crippen LogP contribution in [0.3, 0.4) is 0 Å². The van der Waals surface area contributed by atoms with Crippen molar-refractivity contribution in [2.45, 2.75) is 38.5 Å². The summed E-state index contributed by atoms with van der Waals surface area (Å²) in [4.78, 5) is 18.9. The molecule has 1 N–H and O–H groups in total. The van der Waals surface area contributed by atoms with Crippen LogP contribution in [0.15, 0.2) is 70.6 Å². The van der Waals surface area contributed by atoms with Crippen LogP contribution in [0.1, 0.15) is 49.7 Å². The van der Waals surface area contributed by atoms with E-state index in [1.54, 1.807) is 0 Å². The van der Waals surface area contributed by atoms with Gasteiger partial charge in [-0.3, -0.25) is 9.98 Å². The highest BCUT2D eigenvalue weighted by atomic mass is 35.5. The standard InChI is InChI=1S/C37H33Cl2N7O2/c38-33-24(8-5-10-26(33)31-15-13-28(30-12-7-19-42-30)36(45-31)47-22-3-1-17-40)25-9-6-11-27(34(25)39)32-16-14-29(35-43-20-21-44-35)37(46-32)48-23-4-2-18-41/h5-6,8-11,13-16H,1-4,7,12,19-23H2,(H,43,44). The Bertz CT molecular complexity index is 1820. The van der Waals surface area contributed by atoms with Gasteiger partial charge in [0, 0.05) is 53.9 Å². The van der Waals surface area contributed by atoms with E-state index in [0.717, 1.165) is 70.9 Å². The van der Waals surface area contributed by atoms with Crippen molar-refractivity contribution in [2.24, 2.45) is 9.98 Å². The van der Waals surface area contributed by atoms with Gasteiger partial charge in [0.2, 0.25) is 11.8 Å². The van der Waals surface area contributed by atoms with Gasteiger partial charge in [-0.2, -0.15) is 10.5 Å². The molecule has 4 heterocycles. The third kappa shape index (κ3) is 7.28. The molecule has 0 fully saturated rings. The van der Waals surface area contributed by atoms with Crippen molar-refractivity contribution in [2.75, 3.05) is 32.8 Å². The minimum Gasteiger partial charge on any atom is -0.477 e. The summed E-state index contributed by atoms with van der Waals surface area (Å²) >= 11 is 14.3. The van der Waals surface area contributed by atoms with Crippen LogP contribution in [0.2, 0.25) is 10.0 Å². The van der Waals surface area contributed by atoms with Crippen LogP contribution >= 0.6 is 23.2 Å². The van der Waals surface area contributed by atoms with Gasteiger partial charge in [0.1, 0.15) is 5.84 Å². The first-order valence-corrected chi connectivity index (χ1v) is 16.8. The number of rotatable bonds is 13. The van der Waals surface area contributed by atoms with Crippen LogP contribution < -0.4 is 14.8 Å². The van der Waals surface area contributed by atoms with Crippen molar-refractivity contribution in [1.82, 2.24) is 15.3 Å². The van der Waals surface area contributed by atoms with Gasteiger partial charge in [0.05, 0.1) is 64.5 Å². The number of pyridine rings is 2. The summed E-state index contributed by atoms with van der Waals surface area (Å²) in [5.74, 6) is 1.66. The van der Waals surface area contributed by atoms with Crippen LogP contribution in [-0.2, 0) is 0 Å². The zero-order valence-electron chi connectivity index (χ0n) is 26.3. The predicted octanol–water partition coefficient (Wildman–Crippen LogP) is 8.08. The van der Waals surface area contributed by atoms with Gasteiger partial charge < -0.3 is 14.8 Å². The number of hydrogen-bond donors (Lipinski definition) is 1. The molecule has 9 nitrogen and oxygen atoms in total. The first kappa shape index (κ1) is 33.0. The maximum atomic E-state index is 8.96. The quantitative estimate of drug-likeness (QED) is 0.142. The van der Waals surface area contributed by atoms with Gasteiger partial charge in [-0.1, -0.05) is 59.6 Å². The number of ether oxygens (including phenoxy) is 2. The Morgan fingerprint density at radius 1 is 0.667 bits per heavy atom. The van der Waals surface area contributed by atoms with Gasteiger partial charge in [0.15, 0.2) is 0 Å². The van der Waals surface area contributed by atoms with E-state index in [1.165, 1.54) is 0 Å². The van der Waals surface area contributed by atoms with Crippen LogP contribution in [-0.4, -0.2) is 54.4 Å². The number of benzene rings is 2. The summed E-state index contributed by atoms with van der Waals surface area (Å²) in [5.41, 5.74) is 6.87. The van der Waals surface area contributed by atoms with Gasteiger partial charge in [-0.25, -0.2) is 9.97 Å². The fraction of sp³-hybridized carbons (Fsp3) is 0.297. The lowest BCUT2D eigenvalue weighted by atomic mass is 9.97. The van der Waals surface area contributed by atoms with Crippen LogP contribution in [0.25, 0.3) is 33.6 Å². The predicted molar refractivity (Wildman–Crippen MR) is 189 cm³/mol. The van der Waals surface area contributed by atoms with E-state index in [2.05, 4.69) is 27.4 Å². The van der Waals surface area contributed by atoms with Crippen molar-refractivity contribution >= 4 is 34.7 Å². The molecule has 0 radical (unpaired) electrons. The Hall–Kier alpha value is -4.96. The van der Waals surface area contributed by atoms with E-state index in [1.807, 2.05) is 60.7 Å². The van der Waals surface area contributed by atoms with E-state index in [-0.39, 0.29) is 0 Å². The molecule has 2 aliphatic rings. The van der Waals surface area contributed by atoms with Gasteiger partial charge >= 0.3 is 0 Å². The SMILES string of the molecule is N#CCCCOc1nc(-c2cccc(-c3cccc(-c4ccc(C5=NCCN5)c(OCCCC#N)n4)c3Cl)c2Cl)ccc1C1=NCCC1. The fourth-order valence-corrected chi connectivity index (χ4v) is 6.30. The molecule has 4 aromatic rings. The first-order valence-electron chi connectivity index (χ1n) is 16.0. The summed E-state index contributed by atoms with van der Waals surface area (Å²) in [6, 6.07) is 23.6. The summed E-state index contributed by atoms with van der Waals surface area (Å²) in [6.45, 7) is 2.97. The zero-order chi connectivity index (χ0) is 33.3. The molecule has 2 aromatic heterocycles. The van der Waals surface area contributed by atoms with Gasteiger partial charge in [-0.15, -0.1) is 0 Å². The lowest BCUT2D eigenvalue weighted by Crippen LogP contribution is -2.21. The number of amidine groups is 1. The number of aromatic nitrogens is 2. The Morgan fingerprint density at radius 2 is 1.23 bits per heavy atom. The van der Waals surface area contributed by atoms with Gasteiger partial charge in [-0.05, 0) is 49.9 Å². The maximum absolute atomic E-state index is 8.96. The Labute approximate surface area is 289 Å². The molecule has 242 valence electrons. The molecule has 11 heteroatoms. The van der Waals surface area contributed by atoms with Crippen LogP contribution in [0.4, 0.5) is 0 Å². The highest BCUT2D eigenvalue weighted by Crippen LogP contribution is 2.42. The van der Waals surface area contributed by atoms with E-state index in [0.29, 0.717) is 78.6 Å². The number of aliphatic imine (C=N–C) groups is 2. The van der Waals surface area contributed by atoms with Crippen molar-refractivity contribution < 1.29 is 9.47 Å². The topological polar surface area (TPSA) is 129 Å². The number of nitrogens with one attached hydrogen (secondary N) is 1. The van der Waals surface area contributed by atoms with Crippen molar-refractivity contribution in [3.05, 3.63) is 81.8 Å². The fourth-order valence-electron chi connectivity index (χ4n) is 5.65. The highest BCUT2D eigenvalue weighted by molar-refractivity contribution is 6.39. The van der Waals surface area contributed by atoms with Crippen LogP contribution in [0, 0.1) is 22.7 Å². The molecule has 0 saturated carbocycles. The second kappa shape index (κ2) is 15.8. The molecular weight excluding hydrogens is 645 g/mol. The Kier molecular flexibility index (Phi) is 10.8. The smallest absolute Gasteiger partial charge is 0.225 e. The molecule has 0 atom stereocenters. The lowest BCUT2D eigenvalue weighted by molar-refractivity contribution is 0.300. The molecule has 0 aliphatic carbocycles. The largest absolute Gasteiger partial charge is 0.477 e. The molecular formula is C37H33Cl2N7O2. The number of unbranched alkanes of at least 4 members (excludes halogenated alkanes) is 2. The molecule has 0 spiro atoms. The summed E-state index contributed by atoms with van der Waals surface area (Å²) in [5, 5.41) is 22.2. The lowest BCUT2D eigenvalue weighted by Gasteiger charge is -2.16. The maximum Gasteiger partial charge on any atom is 0.225 e. The average molecular weight is 679 g/mol. The molecule has 0 saturated heterocycles. The molecule has 0 unspecified atom stereocenters. The molecule has 0 bridgehead atoms.